The summed E-state index contributed by atoms with van der Waals surface area (Å²) >= 11 is 1.74. The van der Waals surface area contributed by atoms with Crippen LogP contribution < -0.4 is 19.7 Å². The number of thiazole rings is 1. The van der Waals surface area contributed by atoms with Crippen molar-refractivity contribution in [3.63, 3.8) is 0 Å². The van der Waals surface area contributed by atoms with Gasteiger partial charge < -0.3 is 24.6 Å². The molecule has 1 N–H and O–H groups in total. The molecule has 2 aliphatic heterocycles. The van der Waals surface area contributed by atoms with Crippen molar-refractivity contribution in [2.75, 3.05) is 43.2 Å². The summed E-state index contributed by atoms with van der Waals surface area (Å²) in [4.78, 5) is 21.6. The Morgan fingerprint density at radius 3 is 2.59 bits per heavy atom. The van der Waals surface area contributed by atoms with Gasteiger partial charge in [0, 0.05) is 37.9 Å². The maximum Gasteiger partial charge on any atom is 0.321 e. The molecule has 1 aromatic heterocycles. The molecule has 2 amide bonds. The molecule has 2 aromatic carbocycles. The fraction of sp³-hybridized carbons (Fsp3) is 0.333. The number of piperazine rings is 1. The molecule has 7 nitrogen and oxygen atoms in total. The van der Waals surface area contributed by atoms with Gasteiger partial charge in [0.2, 0.25) is 6.79 Å². The summed E-state index contributed by atoms with van der Waals surface area (Å²) in [6, 6.07) is 9.61. The lowest BCUT2D eigenvalue weighted by molar-refractivity contribution is 0.174. The molecule has 0 spiro atoms. The van der Waals surface area contributed by atoms with E-state index in [1.165, 1.54) is 15.8 Å². The van der Waals surface area contributed by atoms with Crippen molar-refractivity contribution in [1.82, 2.24) is 9.88 Å². The molecule has 29 heavy (non-hydrogen) atoms. The lowest BCUT2D eigenvalue weighted by Gasteiger charge is -2.34. The number of anilines is 2. The number of nitrogens with zero attached hydrogens (tertiary/aromatic N) is 3. The summed E-state index contributed by atoms with van der Waals surface area (Å²) in [5, 5.41) is 3.99. The fourth-order valence-electron chi connectivity index (χ4n) is 3.66. The van der Waals surface area contributed by atoms with Gasteiger partial charge in [0.25, 0.3) is 0 Å². The SMILES string of the molecule is Cc1ccc(C)c2sc(N3CCN(C(=O)Nc4ccc5c(c4)OCO5)CC3)nc12. The van der Waals surface area contributed by atoms with E-state index in [9.17, 15) is 4.79 Å². The smallest absolute Gasteiger partial charge is 0.321 e. The van der Waals surface area contributed by atoms with Gasteiger partial charge in [-0.05, 0) is 37.1 Å². The zero-order valence-corrected chi connectivity index (χ0v) is 17.2. The zero-order valence-electron chi connectivity index (χ0n) is 16.4. The number of hydrogen-bond donors (Lipinski definition) is 1. The Balaban J connectivity index is 1.24. The molecule has 150 valence electrons. The van der Waals surface area contributed by atoms with E-state index in [-0.39, 0.29) is 12.8 Å². The lowest BCUT2D eigenvalue weighted by atomic mass is 10.1. The Hall–Kier alpha value is -3.00. The van der Waals surface area contributed by atoms with Crippen LogP contribution in [0.5, 0.6) is 11.5 Å². The Bertz CT molecular complexity index is 1050. The molecular formula is C21H22N4O3S. The van der Waals surface area contributed by atoms with Crippen molar-refractivity contribution >= 4 is 38.4 Å². The topological polar surface area (TPSA) is 66.9 Å². The molecule has 8 heteroatoms. The highest BCUT2D eigenvalue weighted by atomic mass is 32.1. The van der Waals surface area contributed by atoms with Crippen LogP contribution in [-0.4, -0.2) is 48.9 Å². The monoisotopic (exact) mass is 410 g/mol. The van der Waals surface area contributed by atoms with Crippen molar-refractivity contribution in [1.29, 1.82) is 0 Å². The van der Waals surface area contributed by atoms with Gasteiger partial charge >= 0.3 is 6.03 Å². The number of benzene rings is 2. The normalized spacial score (nSPS) is 15.8. The van der Waals surface area contributed by atoms with Crippen molar-refractivity contribution in [3.8, 4) is 11.5 Å². The first-order chi connectivity index (χ1) is 14.1. The number of nitrogens with one attached hydrogen (secondary N) is 1. The number of urea groups is 1. The first-order valence-corrected chi connectivity index (χ1v) is 10.5. The number of hydrogen-bond acceptors (Lipinski definition) is 6. The van der Waals surface area contributed by atoms with Gasteiger partial charge in [-0.3, -0.25) is 0 Å². The molecule has 0 radical (unpaired) electrons. The van der Waals surface area contributed by atoms with Gasteiger partial charge in [-0.25, -0.2) is 9.78 Å². The van der Waals surface area contributed by atoms with Crippen molar-refractivity contribution in [2.45, 2.75) is 13.8 Å². The maximum atomic E-state index is 12.7. The molecule has 0 atom stereocenters. The predicted octanol–water partition coefficient (Wildman–Crippen LogP) is 4.00. The molecule has 0 bridgehead atoms. The summed E-state index contributed by atoms with van der Waals surface area (Å²) < 4.78 is 11.9. The second-order valence-electron chi connectivity index (χ2n) is 7.35. The van der Waals surface area contributed by atoms with Crippen LogP contribution in [0, 0.1) is 13.8 Å². The van der Waals surface area contributed by atoms with E-state index in [4.69, 9.17) is 14.5 Å². The Morgan fingerprint density at radius 1 is 1.03 bits per heavy atom. The van der Waals surface area contributed by atoms with Gasteiger partial charge in [-0.2, -0.15) is 0 Å². The van der Waals surface area contributed by atoms with Crippen LogP contribution in [0.1, 0.15) is 11.1 Å². The number of ether oxygens (including phenoxy) is 2. The van der Waals surface area contributed by atoms with Crippen LogP contribution in [0.3, 0.4) is 0 Å². The van der Waals surface area contributed by atoms with Crippen molar-refractivity contribution < 1.29 is 14.3 Å². The highest BCUT2D eigenvalue weighted by molar-refractivity contribution is 7.22. The summed E-state index contributed by atoms with van der Waals surface area (Å²) in [6.45, 7) is 7.30. The largest absolute Gasteiger partial charge is 0.454 e. The molecule has 5 rings (SSSR count). The zero-order chi connectivity index (χ0) is 20.0. The molecular weight excluding hydrogens is 388 g/mol. The van der Waals surface area contributed by atoms with Gasteiger partial charge in [0.05, 0.1) is 10.2 Å². The highest BCUT2D eigenvalue weighted by Crippen LogP contribution is 2.35. The van der Waals surface area contributed by atoms with E-state index in [0.717, 1.165) is 23.7 Å². The Labute approximate surface area is 172 Å². The van der Waals surface area contributed by atoms with Gasteiger partial charge in [-0.1, -0.05) is 23.5 Å². The van der Waals surface area contributed by atoms with Crippen molar-refractivity contribution in [3.05, 3.63) is 41.5 Å². The highest BCUT2D eigenvalue weighted by Gasteiger charge is 2.24. The standard InChI is InChI=1S/C21H22N4O3S/c1-13-3-4-14(2)19-18(13)23-21(29-19)25-9-7-24(8-10-25)20(26)22-15-5-6-16-17(11-15)28-12-27-16/h3-6,11H,7-10,12H2,1-2H3,(H,22,26). The van der Waals surface area contributed by atoms with Crippen LogP contribution in [0.15, 0.2) is 30.3 Å². The van der Waals surface area contributed by atoms with Crippen LogP contribution in [0.4, 0.5) is 15.6 Å². The predicted molar refractivity (Wildman–Crippen MR) is 114 cm³/mol. The molecule has 2 aliphatic rings. The van der Waals surface area contributed by atoms with Gasteiger partial charge in [0.15, 0.2) is 16.6 Å². The van der Waals surface area contributed by atoms with E-state index < -0.39 is 0 Å². The van der Waals surface area contributed by atoms with Crippen LogP contribution >= 0.6 is 11.3 Å². The molecule has 0 unspecified atom stereocenters. The number of aryl methyl sites for hydroxylation is 2. The minimum atomic E-state index is -0.0977. The number of carbonyl (C=O) groups excluding carboxylic acids is 1. The molecule has 0 aliphatic carbocycles. The third kappa shape index (κ3) is 3.33. The lowest BCUT2D eigenvalue weighted by Crippen LogP contribution is -2.50. The number of amides is 2. The van der Waals surface area contributed by atoms with Gasteiger partial charge in [-0.15, -0.1) is 0 Å². The van der Waals surface area contributed by atoms with E-state index in [1.807, 2.05) is 17.0 Å². The van der Waals surface area contributed by atoms with Crippen LogP contribution in [0.25, 0.3) is 10.2 Å². The molecule has 0 saturated carbocycles. The minimum absolute atomic E-state index is 0.0977. The third-order valence-corrected chi connectivity index (χ3v) is 6.64. The summed E-state index contributed by atoms with van der Waals surface area (Å²) in [5.41, 5.74) is 4.26. The first kappa shape index (κ1) is 18.1. The summed E-state index contributed by atoms with van der Waals surface area (Å²) in [5.74, 6) is 1.37. The van der Waals surface area contributed by atoms with Gasteiger partial charge in [0.1, 0.15) is 0 Å². The first-order valence-electron chi connectivity index (χ1n) is 9.66. The summed E-state index contributed by atoms with van der Waals surface area (Å²) in [7, 11) is 0. The minimum Gasteiger partial charge on any atom is -0.454 e. The second-order valence-corrected chi connectivity index (χ2v) is 8.32. The second kappa shape index (κ2) is 7.11. The molecule has 3 aromatic rings. The molecule has 3 heterocycles. The number of rotatable bonds is 2. The maximum absolute atomic E-state index is 12.7. The average Bonchev–Trinajstić information content (AvgIpc) is 3.38. The third-order valence-electron chi connectivity index (χ3n) is 5.39. The molecule has 1 saturated heterocycles. The number of fused-ring (bicyclic) bond motifs is 2. The number of carbonyl (C=O) groups is 1. The fourth-order valence-corrected chi connectivity index (χ4v) is 4.82. The van der Waals surface area contributed by atoms with E-state index >= 15 is 0 Å². The quantitative estimate of drug-likeness (QED) is 0.692. The van der Waals surface area contributed by atoms with Crippen LogP contribution in [0.2, 0.25) is 0 Å². The number of aromatic nitrogens is 1. The van der Waals surface area contributed by atoms with E-state index in [0.29, 0.717) is 30.3 Å². The average molecular weight is 410 g/mol. The molecule has 1 fully saturated rings. The van der Waals surface area contributed by atoms with E-state index in [1.54, 1.807) is 17.4 Å². The van der Waals surface area contributed by atoms with Crippen molar-refractivity contribution in [2.24, 2.45) is 0 Å². The Kier molecular flexibility index (Phi) is 4.43. The summed E-state index contributed by atoms with van der Waals surface area (Å²) in [6.07, 6.45) is 0. The Morgan fingerprint density at radius 2 is 1.79 bits per heavy atom. The van der Waals surface area contributed by atoms with Crippen LogP contribution in [-0.2, 0) is 0 Å². The van der Waals surface area contributed by atoms with E-state index in [2.05, 4.69) is 36.2 Å².